The third-order valence-corrected chi connectivity index (χ3v) is 4.02. The van der Waals surface area contributed by atoms with Crippen LogP contribution >= 0.6 is 0 Å². The molecule has 0 fully saturated rings. The number of nitrogens with zero attached hydrogens (tertiary/aromatic N) is 2. The van der Waals surface area contributed by atoms with Gasteiger partial charge in [0.05, 0.1) is 23.1 Å². The molecule has 4 aromatic rings. The van der Waals surface area contributed by atoms with Crippen LogP contribution in [0.1, 0.15) is 5.69 Å². The van der Waals surface area contributed by atoms with Crippen molar-refractivity contribution in [2.45, 2.75) is 0 Å². The number of carbonyl (C=O) groups is 1. The third-order valence-electron chi connectivity index (χ3n) is 4.02. The Hall–Kier alpha value is -4.00. The van der Waals surface area contributed by atoms with Crippen LogP contribution in [-0.4, -0.2) is 26.1 Å². The molecule has 0 saturated carbocycles. The highest BCUT2D eigenvalue weighted by Gasteiger charge is 2.09. The fraction of sp³-hybridized carbons (Fsp3) is 0. The second kappa shape index (κ2) is 7.09. The Morgan fingerprint density at radius 1 is 1.07 bits per heavy atom. The minimum absolute atomic E-state index is 0.234. The first kappa shape index (κ1) is 16.5. The molecule has 0 saturated heterocycles. The molecule has 0 aliphatic heterocycles. The smallest absolute Gasteiger partial charge is 0.272 e. The molecular weight excluding hydrogens is 342 g/mol. The van der Waals surface area contributed by atoms with E-state index in [1.54, 1.807) is 30.7 Å². The average Bonchev–Trinajstić information content (AvgIpc) is 3.21. The number of carbonyl (C=O) groups excluding carboxylic acids is 1. The van der Waals surface area contributed by atoms with Gasteiger partial charge in [0, 0.05) is 28.9 Å². The summed E-state index contributed by atoms with van der Waals surface area (Å²) in [5.41, 5.74) is 2.50. The number of fused-ring (bicyclic) bond motifs is 1. The first-order valence-electron chi connectivity index (χ1n) is 8.26. The van der Waals surface area contributed by atoms with E-state index in [-0.39, 0.29) is 11.5 Å². The maximum Gasteiger partial charge on any atom is 0.272 e. The lowest BCUT2D eigenvalue weighted by Gasteiger charge is -2.07. The predicted molar refractivity (Wildman–Crippen MR) is 104 cm³/mol. The molecule has 2 heterocycles. The lowest BCUT2D eigenvalue weighted by molar-refractivity contribution is -0.111. The lowest BCUT2D eigenvalue weighted by atomic mass is 10.0. The van der Waals surface area contributed by atoms with E-state index < -0.39 is 0 Å². The summed E-state index contributed by atoms with van der Waals surface area (Å²) in [4.78, 5) is 30.9. The first-order valence-corrected chi connectivity index (χ1v) is 8.26. The molecule has 7 heteroatoms. The summed E-state index contributed by atoms with van der Waals surface area (Å²) in [7, 11) is 0. The van der Waals surface area contributed by atoms with Gasteiger partial charge in [0.1, 0.15) is 0 Å². The molecule has 3 N–H and O–H groups in total. The van der Waals surface area contributed by atoms with Crippen LogP contribution in [0.2, 0.25) is 0 Å². The van der Waals surface area contributed by atoms with Crippen LogP contribution < -0.4 is 10.9 Å². The van der Waals surface area contributed by atoms with Gasteiger partial charge in [-0.2, -0.15) is 5.10 Å². The highest BCUT2D eigenvalue weighted by molar-refractivity contribution is 6.02. The van der Waals surface area contributed by atoms with Gasteiger partial charge in [-0.15, -0.1) is 0 Å². The highest BCUT2D eigenvalue weighted by Crippen LogP contribution is 2.26. The number of amides is 1. The van der Waals surface area contributed by atoms with Crippen LogP contribution in [-0.2, 0) is 4.79 Å². The molecule has 27 heavy (non-hydrogen) atoms. The van der Waals surface area contributed by atoms with Crippen LogP contribution in [0.4, 0.5) is 5.69 Å². The number of aromatic nitrogens is 4. The number of rotatable bonds is 4. The number of hydrogen-bond donors (Lipinski definition) is 3. The largest absolute Gasteiger partial charge is 0.351 e. The monoisotopic (exact) mass is 357 g/mol. The topological polar surface area (TPSA) is 104 Å². The second-order valence-electron chi connectivity index (χ2n) is 5.84. The molecule has 2 aromatic heterocycles. The highest BCUT2D eigenvalue weighted by atomic mass is 16.1. The molecule has 0 atom stereocenters. The van der Waals surface area contributed by atoms with Crippen molar-refractivity contribution in [3.05, 3.63) is 83.2 Å². The minimum atomic E-state index is -0.269. The van der Waals surface area contributed by atoms with Crippen LogP contribution in [0.25, 0.3) is 28.1 Å². The Morgan fingerprint density at radius 3 is 2.74 bits per heavy atom. The summed E-state index contributed by atoms with van der Waals surface area (Å²) in [5.74, 6) is -0.269. The maximum atomic E-state index is 12.1. The van der Waals surface area contributed by atoms with Gasteiger partial charge in [0.15, 0.2) is 0 Å². The zero-order valence-corrected chi connectivity index (χ0v) is 14.1. The number of aromatic amines is 2. The van der Waals surface area contributed by atoms with Crippen molar-refractivity contribution in [1.82, 2.24) is 20.2 Å². The Morgan fingerprint density at radius 2 is 1.93 bits per heavy atom. The number of benzene rings is 2. The standard InChI is InChI=1S/C20H15N5O2/c26-18(9-8-15-11-21-12-22-15)23-14-5-3-4-13(10-14)19-16-6-1-2-7-17(16)20(27)25-24-19/h1-12H,(H,21,22)(H,23,26)(H,25,27). The van der Waals surface area contributed by atoms with Crippen molar-refractivity contribution < 1.29 is 4.79 Å². The average molecular weight is 357 g/mol. The van der Waals surface area contributed by atoms with Crippen molar-refractivity contribution in [3.8, 4) is 11.3 Å². The summed E-state index contributed by atoms with van der Waals surface area (Å²) in [6.07, 6.45) is 6.27. The quantitative estimate of drug-likeness (QED) is 0.489. The number of imidazole rings is 1. The Bertz CT molecular complexity index is 1190. The van der Waals surface area contributed by atoms with E-state index >= 15 is 0 Å². The van der Waals surface area contributed by atoms with Crippen LogP contribution in [0, 0.1) is 0 Å². The van der Waals surface area contributed by atoms with Crippen LogP contribution in [0.5, 0.6) is 0 Å². The molecule has 0 spiro atoms. The van der Waals surface area contributed by atoms with Crippen LogP contribution in [0.15, 0.2) is 71.9 Å². The molecule has 0 unspecified atom stereocenters. The second-order valence-corrected chi connectivity index (χ2v) is 5.84. The van der Waals surface area contributed by atoms with Gasteiger partial charge < -0.3 is 10.3 Å². The molecule has 7 nitrogen and oxygen atoms in total. The van der Waals surface area contributed by atoms with Gasteiger partial charge in [-0.05, 0) is 24.3 Å². The zero-order chi connectivity index (χ0) is 18.6. The van der Waals surface area contributed by atoms with Crippen molar-refractivity contribution in [2.75, 3.05) is 5.32 Å². The van der Waals surface area contributed by atoms with E-state index in [0.29, 0.717) is 22.5 Å². The summed E-state index contributed by atoms with van der Waals surface area (Å²) >= 11 is 0. The van der Waals surface area contributed by atoms with Gasteiger partial charge in [-0.25, -0.2) is 10.1 Å². The summed E-state index contributed by atoms with van der Waals surface area (Å²) in [6, 6.07) is 14.6. The van der Waals surface area contributed by atoms with E-state index in [4.69, 9.17) is 0 Å². The molecular formula is C20H15N5O2. The minimum Gasteiger partial charge on any atom is -0.351 e. The van der Waals surface area contributed by atoms with E-state index in [0.717, 1.165) is 10.9 Å². The fourth-order valence-electron chi connectivity index (χ4n) is 2.79. The van der Waals surface area contributed by atoms with Gasteiger partial charge in [-0.1, -0.05) is 30.3 Å². The Balaban J connectivity index is 1.63. The van der Waals surface area contributed by atoms with Crippen molar-refractivity contribution in [1.29, 1.82) is 0 Å². The molecule has 132 valence electrons. The van der Waals surface area contributed by atoms with E-state index in [2.05, 4.69) is 25.5 Å². The van der Waals surface area contributed by atoms with Crippen molar-refractivity contribution in [3.63, 3.8) is 0 Å². The summed E-state index contributed by atoms with van der Waals surface area (Å²) < 4.78 is 0. The Kier molecular flexibility index (Phi) is 4.32. The van der Waals surface area contributed by atoms with E-state index in [9.17, 15) is 9.59 Å². The molecule has 0 aliphatic rings. The third kappa shape index (κ3) is 3.52. The van der Waals surface area contributed by atoms with Gasteiger partial charge >= 0.3 is 0 Å². The number of anilines is 1. The summed E-state index contributed by atoms with van der Waals surface area (Å²) in [6.45, 7) is 0. The summed E-state index contributed by atoms with van der Waals surface area (Å²) in [5, 5.41) is 10.8. The number of H-pyrrole nitrogens is 2. The van der Waals surface area contributed by atoms with Crippen LogP contribution in [0.3, 0.4) is 0 Å². The molecule has 0 aliphatic carbocycles. The maximum absolute atomic E-state index is 12.1. The first-order chi connectivity index (χ1) is 13.2. The molecule has 2 aromatic carbocycles. The molecule has 0 bridgehead atoms. The fourth-order valence-corrected chi connectivity index (χ4v) is 2.79. The van der Waals surface area contributed by atoms with Gasteiger partial charge in [-0.3, -0.25) is 9.59 Å². The van der Waals surface area contributed by atoms with E-state index in [1.165, 1.54) is 6.08 Å². The zero-order valence-electron chi connectivity index (χ0n) is 14.1. The van der Waals surface area contributed by atoms with E-state index in [1.807, 2.05) is 36.4 Å². The van der Waals surface area contributed by atoms with Gasteiger partial charge in [0.25, 0.3) is 5.56 Å². The van der Waals surface area contributed by atoms with Crippen molar-refractivity contribution >= 4 is 28.4 Å². The van der Waals surface area contributed by atoms with Crippen molar-refractivity contribution in [2.24, 2.45) is 0 Å². The normalized spacial score (nSPS) is 11.1. The lowest BCUT2D eigenvalue weighted by Crippen LogP contribution is -2.10. The number of nitrogens with one attached hydrogen (secondary N) is 3. The molecule has 4 rings (SSSR count). The SMILES string of the molecule is O=C(C=Cc1c[nH]cn1)Nc1cccc(-c2n[nH]c(=O)c3ccccc23)c1. The number of hydrogen-bond acceptors (Lipinski definition) is 4. The van der Waals surface area contributed by atoms with Gasteiger partial charge in [0.2, 0.25) is 5.91 Å². The molecule has 0 radical (unpaired) electrons. The predicted octanol–water partition coefficient (Wildman–Crippen LogP) is 2.97. The Labute approximate surface area is 153 Å². The molecule has 1 amide bonds.